The second-order valence-electron chi connectivity index (χ2n) is 14.8. The summed E-state index contributed by atoms with van der Waals surface area (Å²) in [5.74, 6) is 3.60. The molecule has 0 bridgehead atoms. The predicted molar refractivity (Wildman–Crippen MR) is 227 cm³/mol. The lowest BCUT2D eigenvalue weighted by Gasteiger charge is -2.31. The lowest BCUT2D eigenvalue weighted by molar-refractivity contribution is 0.360. The van der Waals surface area contributed by atoms with Gasteiger partial charge < -0.3 is 9.47 Å². The third kappa shape index (κ3) is 4.68. The zero-order valence-electron chi connectivity index (χ0n) is 30.7. The monoisotopic (exact) mass is 728 g/mol. The van der Waals surface area contributed by atoms with Gasteiger partial charge in [0.15, 0.2) is 28.8 Å². The van der Waals surface area contributed by atoms with Crippen molar-refractivity contribution in [2.24, 2.45) is 0 Å². The Balaban J connectivity index is 1.06. The van der Waals surface area contributed by atoms with Gasteiger partial charge in [-0.15, -0.1) is 0 Å². The van der Waals surface area contributed by atoms with Gasteiger partial charge in [-0.05, 0) is 86.5 Å². The maximum absolute atomic E-state index is 6.78. The van der Waals surface area contributed by atoms with E-state index in [0.717, 1.165) is 73.3 Å². The fourth-order valence-electron chi connectivity index (χ4n) is 9.31. The number of rotatable bonds is 4. The van der Waals surface area contributed by atoms with Crippen molar-refractivity contribution < 1.29 is 9.47 Å². The molecule has 2 heterocycles. The standard InChI is InChI=1S/C53H32N2O2/c1-3-14-33(15-4-1)45-32-46(34-16-5-2-6-17-34)55-52(54-45)37-19-13-18-35(30-37)36-26-27-40-44(31-36)53(41-22-9-7-20-38(41)39-21-8-10-23-42(39)53)43-28-29-49-51(50(40)43)57-48-25-12-11-24-47(48)56-49/h1-32H. The van der Waals surface area contributed by atoms with Crippen LogP contribution >= 0.6 is 0 Å². The molecule has 0 atom stereocenters. The van der Waals surface area contributed by atoms with Gasteiger partial charge in [0.05, 0.1) is 16.8 Å². The Kier molecular flexibility index (Phi) is 6.81. The van der Waals surface area contributed by atoms with E-state index in [1.54, 1.807) is 0 Å². The minimum absolute atomic E-state index is 0.557. The highest BCUT2D eigenvalue weighted by atomic mass is 16.6. The molecule has 2 aliphatic carbocycles. The summed E-state index contributed by atoms with van der Waals surface area (Å²) in [4.78, 5) is 10.3. The molecule has 9 aromatic rings. The molecule has 0 N–H and O–H groups in total. The van der Waals surface area contributed by atoms with Gasteiger partial charge in [-0.25, -0.2) is 9.97 Å². The molecule has 1 spiro atoms. The van der Waals surface area contributed by atoms with E-state index in [0.29, 0.717) is 5.82 Å². The van der Waals surface area contributed by atoms with E-state index < -0.39 is 5.41 Å². The Morgan fingerprint density at radius 3 is 1.58 bits per heavy atom. The van der Waals surface area contributed by atoms with Crippen LogP contribution in [-0.2, 0) is 5.41 Å². The van der Waals surface area contributed by atoms with Gasteiger partial charge in [-0.3, -0.25) is 0 Å². The molecule has 1 aliphatic heterocycles. The minimum atomic E-state index is -0.557. The summed E-state index contributed by atoms with van der Waals surface area (Å²) < 4.78 is 13.3. The Morgan fingerprint density at radius 2 is 0.895 bits per heavy atom. The quantitative estimate of drug-likeness (QED) is 0.181. The fourth-order valence-corrected chi connectivity index (χ4v) is 9.31. The average molecular weight is 729 g/mol. The molecule has 0 saturated heterocycles. The molecule has 3 aliphatic rings. The first kappa shape index (κ1) is 31.8. The van der Waals surface area contributed by atoms with Gasteiger partial charge >= 0.3 is 0 Å². The Morgan fingerprint density at radius 1 is 0.333 bits per heavy atom. The summed E-state index contributed by atoms with van der Waals surface area (Å²) in [6.45, 7) is 0. The first-order valence-electron chi connectivity index (χ1n) is 19.3. The van der Waals surface area contributed by atoms with E-state index in [2.05, 4.69) is 133 Å². The van der Waals surface area contributed by atoms with Crippen LogP contribution in [-0.4, -0.2) is 9.97 Å². The van der Waals surface area contributed by atoms with Gasteiger partial charge in [0.1, 0.15) is 0 Å². The Bertz CT molecular complexity index is 2980. The normalized spacial score (nSPS) is 13.3. The molecule has 0 amide bonds. The molecule has 1 aromatic heterocycles. The molecule has 0 fully saturated rings. The molecule has 57 heavy (non-hydrogen) atoms. The molecule has 0 radical (unpaired) electrons. The van der Waals surface area contributed by atoms with Crippen LogP contribution in [0.1, 0.15) is 22.3 Å². The number of aromatic nitrogens is 2. The maximum atomic E-state index is 6.78. The van der Waals surface area contributed by atoms with E-state index in [9.17, 15) is 0 Å². The number of ether oxygens (including phenoxy) is 2. The lowest BCUT2D eigenvalue weighted by atomic mass is 9.70. The van der Waals surface area contributed by atoms with Crippen LogP contribution in [0.15, 0.2) is 194 Å². The molecule has 266 valence electrons. The summed E-state index contributed by atoms with van der Waals surface area (Å²) >= 11 is 0. The van der Waals surface area contributed by atoms with E-state index in [1.165, 1.54) is 33.4 Å². The van der Waals surface area contributed by atoms with Crippen LogP contribution in [0.25, 0.3) is 67.3 Å². The zero-order valence-corrected chi connectivity index (χ0v) is 30.7. The van der Waals surface area contributed by atoms with Crippen LogP contribution in [0.2, 0.25) is 0 Å². The van der Waals surface area contributed by atoms with Crippen molar-refractivity contribution in [1.29, 1.82) is 0 Å². The first-order chi connectivity index (χ1) is 28.2. The van der Waals surface area contributed by atoms with Crippen molar-refractivity contribution in [2.45, 2.75) is 5.41 Å². The van der Waals surface area contributed by atoms with E-state index in [1.807, 2.05) is 60.7 Å². The second-order valence-corrected chi connectivity index (χ2v) is 14.8. The van der Waals surface area contributed by atoms with Crippen molar-refractivity contribution >= 4 is 0 Å². The van der Waals surface area contributed by atoms with Gasteiger partial charge in [-0.2, -0.15) is 0 Å². The van der Waals surface area contributed by atoms with Crippen molar-refractivity contribution in [1.82, 2.24) is 9.97 Å². The minimum Gasteiger partial charge on any atom is -0.449 e. The maximum Gasteiger partial charge on any atom is 0.178 e. The third-order valence-electron chi connectivity index (χ3n) is 11.8. The van der Waals surface area contributed by atoms with E-state index in [-0.39, 0.29) is 0 Å². The predicted octanol–water partition coefficient (Wildman–Crippen LogP) is 13.4. The van der Waals surface area contributed by atoms with Crippen molar-refractivity contribution in [3.05, 3.63) is 216 Å². The van der Waals surface area contributed by atoms with E-state index in [4.69, 9.17) is 19.4 Å². The number of para-hydroxylation sites is 2. The molecular weight excluding hydrogens is 697 g/mol. The topological polar surface area (TPSA) is 44.2 Å². The lowest BCUT2D eigenvalue weighted by Crippen LogP contribution is -2.26. The summed E-state index contributed by atoms with van der Waals surface area (Å²) in [6.07, 6.45) is 0. The summed E-state index contributed by atoms with van der Waals surface area (Å²) in [5, 5.41) is 0. The molecule has 12 rings (SSSR count). The molecule has 4 heteroatoms. The fraction of sp³-hybridized carbons (Fsp3) is 0.0189. The number of hydrogen-bond donors (Lipinski definition) is 0. The Hall–Kier alpha value is -7.56. The van der Waals surface area contributed by atoms with Gasteiger partial charge in [-0.1, -0.05) is 158 Å². The van der Waals surface area contributed by atoms with Gasteiger partial charge in [0, 0.05) is 22.3 Å². The van der Waals surface area contributed by atoms with Gasteiger partial charge in [0.25, 0.3) is 0 Å². The number of benzene rings is 8. The number of fused-ring (bicyclic) bond motifs is 13. The molecule has 0 saturated carbocycles. The smallest absolute Gasteiger partial charge is 0.178 e. The van der Waals surface area contributed by atoms with Crippen LogP contribution in [0.4, 0.5) is 0 Å². The van der Waals surface area contributed by atoms with E-state index >= 15 is 0 Å². The molecule has 0 unspecified atom stereocenters. The largest absolute Gasteiger partial charge is 0.449 e. The SMILES string of the molecule is c1ccc(-c2cc(-c3ccccc3)nc(-c3cccc(-c4ccc5c(c4)C4(c6ccccc6-c6ccccc64)c4ccc6c(c4-5)Oc4ccccc4O6)c3)n2)cc1. The molecule has 4 nitrogen and oxygen atoms in total. The third-order valence-corrected chi connectivity index (χ3v) is 11.8. The number of hydrogen-bond acceptors (Lipinski definition) is 4. The summed E-state index contributed by atoms with van der Waals surface area (Å²) in [7, 11) is 0. The summed E-state index contributed by atoms with van der Waals surface area (Å²) in [6, 6.07) is 68.3. The highest BCUT2D eigenvalue weighted by Crippen LogP contribution is 2.66. The highest BCUT2D eigenvalue weighted by Gasteiger charge is 2.53. The average Bonchev–Trinajstić information content (AvgIpc) is 3.76. The molecular formula is C53H32N2O2. The first-order valence-corrected chi connectivity index (χ1v) is 19.3. The highest BCUT2D eigenvalue weighted by molar-refractivity contribution is 5.98. The van der Waals surface area contributed by atoms with Crippen LogP contribution in [0.3, 0.4) is 0 Å². The zero-order chi connectivity index (χ0) is 37.5. The van der Waals surface area contributed by atoms with Crippen molar-refractivity contribution in [3.8, 4) is 90.3 Å². The van der Waals surface area contributed by atoms with Crippen LogP contribution in [0.5, 0.6) is 23.0 Å². The van der Waals surface area contributed by atoms with Crippen molar-refractivity contribution in [2.75, 3.05) is 0 Å². The number of nitrogens with zero attached hydrogens (tertiary/aromatic N) is 2. The summed E-state index contributed by atoms with van der Waals surface area (Å²) in [5.41, 5.74) is 16.2. The van der Waals surface area contributed by atoms with Gasteiger partial charge in [0.2, 0.25) is 0 Å². The van der Waals surface area contributed by atoms with Crippen molar-refractivity contribution in [3.63, 3.8) is 0 Å². The van der Waals surface area contributed by atoms with Crippen LogP contribution < -0.4 is 9.47 Å². The van der Waals surface area contributed by atoms with Crippen LogP contribution in [0, 0.1) is 0 Å². The molecule has 8 aromatic carbocycles. The Labute approximate surface area is 330 Å². The second kappa shape index (κ2) is 12.2.